The van der Waals surface area contributed by atoms with Crippen LogP contribution in [0.5, 0.6) is 5.75 Å². The van der Waals surface area contributed by atoms with E-state index in [-0.39, 0.29) is 17.9 Å². The lowest BCUT2D eigenvalue weighted by Gasteiger charge is -2.21. The second-order valence-electron chi connectivity index (χ2n) is 5.35. The van der Waals surface area contributed by atoms with Crippen molar-refractivity contribution in [3.05, 3.63) is 23.8 Å². The summed E-state index contributed by atoms with van der Waals surface area (Å²) in [4.78, 5) is 11.7. The lowest BCUT2D eigenvalue weighted by Crippen LogP contribution is -2.19. The second-order valence-corrected chi connectivity index (χ2v) is 5.35. The molecule has 0 saturated carbocycles. The summed E-state index contributed by atoms with van der Waals surface area (Å²) in [5.41, 5.74) is 1.84. The van der Waals surface area contributed by atoms with Gasteiger partial charge in [-0.2, -0.15) is 0 Å². The van der Waals surface area contributed by atoms with E-state index in [1.807, 2.05) is 25.1 Å². The number of anilines is 1. The summed E-state index contributed by atoms with van der Waals surface area (Å²) >= 11 is 0. The molecule has 1 N–H and O–H groups in total. The van der Waals surface area contributed by atoms with Gasteiger partial charge in [-0.25, -0.2) is 0 Å². The van der Waals surface area contributed by atoms with Crippen molar-refractivity contribution in [1.82, 2.24) is 0 Å². The average Bonchev–Trinajstić information content (AvgIpc) is 2.35. The molecule has 19 heavy (non-hydrogen) atoms. The Morgan fingerprint density at radius 3 is 2.53 bits per heavy atom. The molecule has 0 saturated heterocycles. The van der Waals surface area contributed by atoms with E-state index in [0.717, 1.165) is 5.56 Å². The van der Waals surface area contributed by atoms with Crippen LogP contribution < -0.4 is 10.1 Å². The number of methoxy groups -OCH3 is 1. The number of benzene rings is 1. The Bertz CT molecular complexity index is 436. The number of amides is 1. The van der Waals surface area contributed by atoms with Crippen molar-refractivity contribution in [1.29, 1.82) is 0 Å². The molecule has 0 fully saturated rings. The number of hydrogen-bond donors (Lipinski definition) is 1. The molecule has 0 bridgehead atoms. The maximum Gasteiger partial charge on any atom is 0.250 e. The molecule has 0 radical (unpaired) electrons. The summed E-state index contributed by atoms with van der Waals surface area (Å²) in [7, 11) is 1.59. The highest BCUT2D eigenvalue weighted by Gasteiger charge is 2.16. The van der Waals surface area contributed by atoms with E-state index in [1.54, 1.807) is 7.11 Å². The number of carbonyl (C=O) groups is 1. The summed E-state index contributed by atoms with van der Waals surface area (Å²) in [5.74, 6) is 0.476. The van der Waals surface area contributed by atoms with Crippen LogP contribution in [0.2, 0.25) is 0 Å². The molecule has 0 aliphatic heterocycles. The molecule has 4 nitrogen and oxygen atoms in total. The fourth-order valence-corrected chi connectivity index (χ4v) is 1.65. The summed E-state index contributed by atoms with van der Waals surface area (Å²) in [6.07, 6.45) is 0. The molecular weight excluding hydrogens is 242 g/mol. The van der Waals surface area contributed by atoms with Crippen LogP contribution in [-0.2, 0) is 14.9 Å². The van der Waals surface area contributed by atoms with E-state index < -0.39 is 0 Å². The minimum absolute atomic E-state index is 0.0195. The van der Waals surface area contributed by atoms with Gasteiger partial charge in [0.25, 0.3) is 0 Å². The van der Waals surface area contributed by atoms with Gasteiger partial charge in [0.15, 0.2) is 0 Å². The molecule has 1 amide bonds. The number of rotatable bonds is 5. The van der Waals surface area contributed by atoms with E-state index >= 15 is 0 Å². The minimum Gasteiger partial charge on any atom is -0.495 e. The Labute approximate surface area is 115 Å². The lowest BCUT2D eigenvalue weighted by molar-refractivity contribution is -0.120. The number of nitrogens with one attached hydrogen (secondary N) is 1. The largest absolute Gasteiger partial charge is 0.495 e. The molecule has 0 aliphatic rings. The molecule has 1 aromatic rings. The van der Waals surface area contributed by atoms with Gasteiger partial charge < -0.3 is 14.8 Å². The first-order valence-corrected chi connectivity index (χ1v) is 6.44. The molecule has 0 aliphatic carbocycles. The maximum absolute atomic E-state index is 11.7. The summed E-state index contributed by atoms with van der Waals surface area (Å²) in [5, 5.41) is 2.82. The van der Waals surface area contributed by atoms with Crippen LogP contribution in [0.4, 0.5) is 5.69 Å². The monoisotopic (exact) mass is 265 g/mol. The number of ether oxygens (including phenoxy) is 2. The predicted molar refractivity (Wildman–Crippen MR) is 76.8 cm³/mol. The maximum atomic E-state index is 11.7. The van der Waals surface area contributed by atoms with Gasteiger partial charge in [-0.05, 0) is 30.0 Å². The average molecular weight is 265 g/mol. The van der Waals surface area contributed by atoms with Crippen LogP contribution in [0.1, 0.15) is 33.3 Å². The fourth-order valence-electron chi connectivity index (χ4n) is 1.65. The zero-order chi connectivity index (χ0) is 14.5. The first kappa shape index (κ1) is 15.5. The van der Waals surface area contributed by atoms with E-state index in [9.17, 15) is 4.79 Å². The molecule has 106 valence electrons. The SMILES string of the molecule is CCOCC(=O)Nc1cc(C(C)(C)C)ccc1OC. The molecule has 1 rings (SSSR count). The molecule has 1 aromatic carbocycles. The van der Waals surface area contributed by atoms with Gasteiger partial charge in [0, 0.05) is 6.61 Å². The van der Waals surface area contributed by atoms with Crippen molar-refractivity contribution in [2.45, 2.75) is 33.1 Å². The van der Waals surface area contributed by atoms with Crippen molar-refractivity contribution < 1.29 is 14.3 Å². The van der Waals surface area contributed by atoms with Gasteiger partial charge in [-0.1, -0.05) is 26.8 Å². The van der Waals surface area contributed by atoms with E-state index in [1.165, 1.54) is 0 Å². The van der Waals surface area contributed by atoms with Gasteiger partial charge in [0.1, 0.15) is 12.4 Å². The third kappa shape index (κ3) is 4.56. The van der Waals surface area contributed by atoms with Gasteiger partial charge in [-0.15, -0.1) is 0 Å². The molecule has 0 spiro atoms. The first-order valence-electron chi connectivity index (χ1n) is 6.44. The zero-order valence-corrected chi connectivity index (χ0v) is 12.4. The summed E-state index contributed by atoms with van der Waals surface area (Å²) in [6, 6.07) is 5.83. The van der Waals surface area contributed by atoms with E-state index in [0.29, 0.717) is 18.0 Å². The van der Waals surface area contributed by atoms with Crippen molar-refractivity contribution in [2.24, 2.45) is 0 Å². The quantitative estimate of drug-likeness (QED) is 0.890. The highest BCUT2D eigenvalue weighted by atomic mass is 16.5. The second kappa shape index (κ2) is 6.57. The van der Waals surface area contributed by atoms with Crippen LogP contribution >= 0.6 is 0 Å². The minimum atomic E-state index is -0.175. The van der Waals surface area contributed by atoms with Gasteiger partial charge in [0.05, 0.1) is 12.8 Å². The predicted octanol–water partition coefficient (Wildman–Crippen LogP) is 2.97. The fraction of sp³-hybridized carbons (Fsp3) is 0.533. The zero-order valence-electron chi connectivity index (χ0n) is 12.4. The number of carbonyl (C=O) groups excluding carboxylic acids is 1. The standard InChI is InChI=1S/C15H23NO3/c1-6-19-10-14(17)16-12-9-11(15(2,3)4)7-8-13(12)18-5/h7-9H,6,10H2,1-5H3,(H,16,17). The molecule has 0 heterocycles. The molecule has 4 heteroatoms. The number of hydrogen-bond acceptors (Lipinski definition) is 3. The van der Waals surface area contributed by atoms with Crippen LogP contribution in [0.25, 0.3) is 0 Å². The van der Waals surface area contributed by atoms with Gasteiger partial charge in [0.2, 0.25) is 5.91 Å². The van der Waals surface area contributed by atoms with Crippen molar-refractivity contribution in [2.75, 3.05) is 25.6 Å². The van der Waals surface area contributed by atoms with Crippen LogP contribution in [0.15, 0.2) is 18.2 Å². The van der Waals surface area contributed by atoms with Gasteiger partial charge in [-0.3, -0.25) is 4.79 Å². The molecule has 0 atom stereocenters. The Morgan fingerprint density at radius 2 is 2.00 bits per heavy atom. The van der Waals surface area contributed by atoms with Crippen LogP contribution in [0, 0.1) is 0 Å². The van der Waals surface area contributed by atoms with Gasteiger partial charge >= 0.3 is 0 Å². The van der Waals surface area contributed by atoms with Crippen LogP contribution in [0.3, 0.4) is 0 Å². The Kier molecular flexibility index (Phi) is 5.36. The highest BCUT2D eigenvalue weighted by molar-refractivity contribution is 5.93. The Hall–Kier alpha value is -1.55. The molecule has 0 unspecified atom stereocenters. The van der Waals surface area contributed by atoms with Crippen molar-refractivity contribution >= 4 is 11.6 Å². The Morgan fingerprint density at radius 1 is 1.32 bits per heavy atom. The smallest absolute Gasteiger partial charge is 0.250 e. The third-order valence-electron chi connectivity index (χ3n) is 2.78. The summed E-state index contributed by atoms with van der Waals surface area (Å²) < 4.78 is 10.3. The highest BCUT2D eigenvalue weighted by Crippen LogP contribution is 2.31. The Balaban J connectivity index is 2.93. The molecular formula is C15H23NO3. The first-order chi connectivity index (χ1) is 8.88. The van der Waals surface area contributed by atoms with Crippen molar-refractivity contribution in [3.63, 3.8) is 0 Å². The summed E-state index contributed by atoms with van der Waals surface area (Å²) in [6.45, 7) is 8.81. The third-order valence-corrected chi connectivity index (χ3v) is 2.78. The van der Waals surface area contributed by atoms with E-state index in [2.05, 4.69) is 26.1 Å². The van der Waals surface area contributed by atoms with Crippen LogP contribution in [-0.4, -0.2) is 26.2 Å². The van der Waals surface area contributed by atoms with Crippen molar-refractivity contribution in [3.8, 4) is 5.75 Å². The van der Waals surface area contributed by atoms with E-state index in [4.69, 9.17) is 9.47 Å². The normalized spacial score (nSPS) is 11.2. The molecule has 0 aromatic heterocycles. The topological polar surface area (TPSA) is 47.6 Å². The lowest BCUT2D eigenvalue weighted by atomic mass is 9.87.